The Kier molecular flexibility index (Phi) is 7.69. The van der Waals surface area contributed by atoms with Gasteiger partial charge in [-0.3, -0.25) is 4.79 Å². The molecule has 0 aliphatic carbocycles. The molecule has 2 heterocycles. The van der Waals surface area contributed by atoms with Gasteiger partial charge in [-0.1, -0.05) is 33.8 Å². The van der Waals surface area contributed by atoms with Gasteiger partial charge in [-0.05, 0) is 43.9 Å². The lowest BCUT2D eigenvalue weighted by molar-refractivity contribution is 0.0524. The van der Waals surface area contributed by atoms with Crippen LogP contribution in [0, 0.1) is 6.92 Å². The molecule has 0 spiro atoms. The number of pyridine rings is 1. The normalized spacial score (nSPS) is 11.8. The third-order valence-corrected chi connectivity index (χ3v) is 3.74. The number of aryl methyl sites for hydroxylation is 3. The predicted octanol–water partition coefficient (Wildman–Crippen LogP) is 4.49. The lowest BCUT2D eigenvalue weighted by Gasteiger charge is -2.21. The lowest BCUT2D eigenvalue weighted by atomic mass is 9.97. The van der Waals surface area contributed by atoms with E-state index in [0.29, 0.717) is 5.39 Å². The van der Waals surface area contributed by atoms with Crippen LogP contribution in [0.15, 0.2) is 23.1 Å². The van der Waals surface area contributed by atoms with Crippen molar-refractivity contribution in [2.45, 2.75) is 60.9 Å². The van der Waals surface area contributed by atoms with Crippen molar-refractivity contribution in [3.05, 3.63) is 45.2 Å². The molecule has 132 valence electrons. The summed E-state index contributed by atoms with van der Waals surface area (Å²) in [4.78, 5) is 24.5. The van der Waals surface area contributed by atoms with Crippen molar-refractivity contribution in [2.24, 2.45) is 0 Å². The molecule has 1 aromatic carbocycles. The highest BCUT2D eigenvalue weighted by Gasteiger charge is 2.20. The first kappa shape index (κ1) is 19.9. The van der Waals surface area contributed by atoms with Crippen molar-refractivity contribution in [3.63, 3.8) is 0 Å². The molecule has 0 unspecified atom stereocenters. The van der Waals surface area contributed by atoms with Crippen LogP contribution in [0.4, 0.5) is 0 Å². The Bertz CT molecular complexity index is 760. The first-order chi connectivity index (χ1) is 11.6. The van der Waals surface area contributed by atoms with Gasteiger partial charge in [0.1, 0.15) is 5.56 Å². The Morgan fingerprint density at radius 2 is 1.88 bits per heavy atom. The molecule has 4 nitrogen and oxygen atoms in total. The van der Waals surface area contributed by atoms with Crippen LogP contribution in [0.3, 0.4) is 0 Å². The van der Waals surface area contributed by atoms with Crippen LogP contribution in [-0.2, 0) is 17.7 Å². The summed E-state index contributed by atoms with van der Waals surface area (Å²) in [5.74, 6) is -0.531. The van der Waals surface area contributed by atoms with Gasteiger partial charge >= 0.3 is 5.97 Å². The van der Waals surface area contributed by atoms with E-state index in [1.165, 1.54) is 5.56 Å². The van der Waals surface area contributed by atoms with Crippen LogP contribution in [0.25, 0.3) is 10.9 Å². The summed E-state index contributed by atoms with van der Waals surface area (Å²) >= 11 is 0. The molecule has 24 heavy (non-hydrogen) atoms. The number of esters is 1. The predicted molar refractivity (Wildman–Crippen MR) is 99.9 cm³/mol. The maximum Gasteiger partial charge on any atom is 0.343 e. The Labute approximate surface area is 144 Å². The first-order valence-corrected chi connectivity index (χ1v) is 8.95. The molecule has 0 atom stereocenters. The van der Waals surface area contributed by atoms with E-state index in [1.807, 2.05) is 45.3 Å². The molecule has 1 aromatic heterocycles. The Balaban J connectivity index is 0.000000671. The van der Waals surface area contributed by atoms with Gasteiger partial charge in [-0.15, -0.1) is 0 Å². The fourth-order valence-corrected chi connectivity index (χ4v) is 2.95. The van der Waals surface area contributed by atoms with E-state index in [-0.39, 0.29) is 17.6 Å². The van der Waals surface area contributed by atoms with Crippen LogP contribution in [0.1, 0.15) is 62.5 Å². The van der Waals surface area contributed by atoms with E-state index in [0.717, 1.165) is 30.5 Å². The number of aromatic nitrogens is 1. The zero-order chi connectivity index (χ0) is 18.3. The Morgan fingerprint density at radius 1 is 1.21 bits per heavy atom. The molecule has 0 fully saturated rings. The molecule has 1 aliphatic rings. The molecule has 0 saturated heterocycles. The van der Waals surface area contributed by atoms with E-state index in [9.17, 15) is 9.59 Å². The summed E-state index contributed by atoms with van der Waals surface area (Å²) in [5, 5.41) is 0.630. The molecule has 0 radical (unpaired) electrons. The molecule has 0 saturated carbocycles. The zero-order valence-electron chi connectivity index (χ0n) is 15.7. The van der Waals surface area contributed by atoms with Gasteiger partial charge in [0.2, 0.25) is 5.43 Å². The van der Waals surface area contributed by atoms with Crippen LogP contribution < -0.4 is 5.43 Å². The Hall–Kier alpha value is -2.10. The highest BCUT2D eigenvalue weighted by molar-refractivity contribution is 5.94. The molecule has 0 bridgehead atoms. The minimum absolute atomic E-state index is 0.137. The number of carbonyl (C=O) groups is 1. The molecule has 1 aliphatic heterocycles. The summed E-state index contributed by atoms with van der Waals surface area (Å²) < 4.78 is 7.00. The number of nitrogens with zero attached hydrogens (tertiary/aromatic N) is 1. The van der Waals surface area contributed by atoms with Gasteiger partial charge in [0.25, 0.3) is 0 Å². The quantitative estimate of drug-likeness (QED) is 0.762. The zero-order valence-corrected chi connectivity index (χ0v) is 15.7. The van der Waals surface area contributed by atoms with E-state index in [4.69, 9.17) is 4.74 Å². The summed E-state index contributed by atoms with van der Waals surface area (Å²) in [6.45, 7) is 12.8. The SMILES string of the molecule is CC.CC.CCOC(=O)c1cn2c3c(cc(C)cc3c1=O)CCC2. The minimum atomic E-state index is -0.531. The standard InChI is InChI=1S/C16H17NO3.2C2H6/c1-3-20-16(19)13-9-17-6-4-5-11-7-10(2)8-12(14(11)17)15(13)18;2*1-2/h7-9H,3-6H2,1-2H3;2*1-2H3. The van der Waals surface area contributed by atoms with Gasteiger partial charge in [0, 0.05) is 18.1 Å². The van der Waals surface area contributed by atoms with Crippen molar-refractivity contribution < 1.29 is 9.53 Å². The molecule has 0 N–H and O–H groups in total. The topological polar surface area (TPSA) is 48.3 Å². The monoisotopic (exact) mass is 331 g/mol. The summed E-state index contributed by atoms with van der Waals surface area (Å²) in [5.41, 5.74) is 3.14. The second-order valence-corrected chi connectivity index (χ2v) is 5.21. The number of carbonyl (C=O) groups excluding carboxylic acids is 1. The molecular weight excluding hydrogens is 302 g/mol. The van der Waals surface area contributed by atoms with Crippen LogP contribution in [0.5, 0.6) is 0 Å². The number of hydrogen-bond donors (Lipinski definition) is 0. The van der Waals surface area contributed by atoms with Crippen molar-refractivity contribution in [1.29, 1.82) is 0 Å². The maximum absolute atomic E-state index is 12.5. The van der Waals surface area contributed by atoms with Crippen molar-refractivity contribution >= 4 is 16.9 Å². The molecule has 3 rings (SSSR count). The van der Waals surface area contributed by atoms with Gasteiger partial charge in [0.15, 0.2) is 0 Å². The number of rotatable bonds is 2. The maximum atomic E-state index is 12.5. The summed E-state index contributed by atoms with van der Waals surface area (Å²) in [7, 11) is 0. The second-order valence-electron chi connectivity index (χ2n) is 5.21. The first-order valence-electron chi connectivity index (χ1n) is 8.95. The molecule has 4 heteroatoms. The lowest BCUT2D eigenvalue weighted by Crippen LogP contribution is -2.23. The largest absolute Gasteiger partial charge is 0.462 e. The van der Waals surface area contributed by atoms with E-state index in [2.05, 4.69) is 6.07 Å². The van der Waals surface area contributed by atoms with E-state index in [1.54, 1.807) is 13.1 Å². The highest BCUT2D eigenvalue weighted by Crippen LogP contribution is 2.25. The highest BCUT2D eigenvalue weighted by atomic mass is 16.5. The van der Waals surface area contributed by atoms with Crippen LogP contribution >= 0.6 is 0 Å². The third-order valence-electron chi connectivity index (χ3n) is 3.74. The number of hydrogen-bond acceptors (Lipinski definition) is 3. The number of ether oxygens (including phenoxy) is 1. The fraction of sp³-hybridized carbons (Fsp3) is 0.500. The fourth-order valence-electron chi connectivity index (χ4n) is 2.95. The van der Waals surface area contributed by atoms with Gasteiger partial charge in [0.05, 0.1) is 12.1 Å². The van der Waals surface area contributed by atoms with E-state index < -0.39 is 5.97 Å². The summed E-state index contributed by atoms with van der Waals surface area (Å²) in [6.07, 6.45) is 3.66. The minimum Gasteiger partial charge on any atom is -0.462 e. The summed E-state index contributed by atoms with van der Waals surface area (Å²) in [6, 6.07) is 3.99. The van der Waals surface area contributed by atoms with E-state index >= 15 is 0 Å². The van der Waals surface area contributed by atoms with Crippen molar-refractivity contribution in [1.82, 2.24) is 4.57 Å². The molecular formula is C20H29NO3. The van der Waals surface area contributed by atoms with Gasteiger partial charge in [-0.25, -0.2) is 4.79 Å². The molecule has 2 aromatic rings. The average Bonchev–Trinajstić information content (AvgIpc) is 2.61. The second kappa shape index (κ2) is 9.26. The average molecular weight is 331 g/mol. The van der Waals surface area contributed by atoms with Crippen LogP contribution in [0.2, 0.25) is 0 Å². The van der Waals surface area contributed by atoms with Crippen molar-refractivity contribution in [2.75, 3.05) is 6.61 Å². The third kappa shape index (κ3) is 3.86. The van der Waals surface area contributed by atoms with Crippen molar-refractivity contribution in [3.8, 4) is 0 Å². The van der Waals surface area contributed by atoms with Gasteiger partial charge < -0.3 is 9.30 Å². The molecule has 0 amide bonds. The Morgan fingerprint density at radius 3 is 2.50 bits per heavy atom. The smallest absolute Gasteiger partial charge is 0.343 e. The number of benzene rings is 1. The van der Waals surface area contributed by atoms with Gasteiger partial charge in [-0.2, -0.15) is 0 Å². The van der Waals surface area contributed by atoms with Crippen LogP contribution in [-0.4, -0.2) is 17.1 Å².